The summed E-state index contributed by atoms with van der Waals surface area (Å²) in [6.45, 7) is 7.53. The number of aliphatic hydroxyl groups is 1. The second-order valence-corrected chi connectivity index (χ2v) is 7.62. The van der Waals surface area contributed by atoms with Gasteiger partial charge in [-0.05, 0) is 44.9 Å². The number of nitrogens with one attached hydrogen (secondary N) is 2. The van der Waals surface area contributed by atoms with E-state index >= 15 is 0 Å². The highest BCUT2D eigenvalue weighted by Gasteiger charge is 2.42. The fourth-order valence-corrected chi connectivity index (χ4v) is 2.94. The van der Waals surface area contributed by atoms with E-state index in [9.17, 15) is 9.90 Å². The number of amides is 1. The van der Waals surface area contributed by atoms with Crippen molar-refractivity contribution in [2.45, 2.75) is 45.7 Å². The quantitative estimate of drug-likeness (QED) is 0.667. The minimum atomic E-state index is -0.691. The maximum atomic E-state index is 13.2. The molecule has 3 N–H and O–H groups in total. The summed E-state index contributed by atoms with van der Waals surface area (Å²) >= 11 is 0. The Bertz CT molecular complexity index is 701. The normalized spacial score (nSPS) is 15.0. The van der Waals surface area contributed by atoms with Crippen LogP contribution in [0.1, 0.15) is 45.7 Å². The van der Waals surface area contributed by atoms with E-state index in [2.05, 4.69) is 10.6 Å². The lowest BCUT2D eigenvalue weighted by Gasteiger charge is -2.39. The molecule has 0 fully saturated rings. The zero-order valence-electron chi connectivity index (χ0n) is 16.1. The smallest absolute Gasteiger partial charge is 0.228 e. The molecule has 0 aliphatic carbocycles. The zero-order valence-corrected chi connectivity index (χ0v) is 16.1. The van der Waals surface area contributed by atoms with E-state index in [0.717, 1.165) is 11.3 Å². The number of rotatable bonds is 8. The molecule has 26 heavy (non-hydrogen) atoms. The molecule has 2 aromatic rings. The molecule has 0 aliphatic heterocycles. The van der Waals surface area contributed by atoms with Crippen LogP contribution < -0.4 is 10.6 Å². The Morgan fingerprint density at radius 1 is 1.00 bits per heavy atom. The van der Waals surface area contributed by atoms with Gasteiger partial charge in [0.25, 0.3) is 0 Å². The number of para-hydroxylation sites is 1. The van der Waals surface area contributed by atoms with Gasteiger partial charge in [0.2, 0.25) is 5.91 Å². The maximum Gasteiger partial charge on any atom is 0.228 e. The van der Waals surface area contributed by atoms with Crippen LogP contribution in [0.4, 0.5) is 5.69 Å². The van der Waals surface area contributed by atoms with Crippen LogP contribution in [0.5, 0.6) is 0 Å². The number of benzene rings is 2. The summed E-state index contributed by atoms with van der Waals surface area (Å²) in [7, 11) is 0. The minimum Gasteiger partial charge on any atom is -0.394 e. The van der Waals surface area contributed by atoms with Crippen LogP contribution in [0.2, 0.25) is 0 Å². The number of carbonyl (C=O) groups is 1. The molecule has 2 unspecified atom stereocenters. The van der Waals surface area contributed by atoms with Gasteiger partial charge >= 0.3 is 0 Å². The van der Waals surface area contributed by atoms with Crippen molar-refractivity contribution in [2.75, 3.05) is 11.9 Å². The summed E-state index contributed by atoms with van der Waals surface area (Å²) < 4.78 is 0. The largest absolute Gasteiger partial charge is 0.394 e. The second kappa shape index (κ2) is 8.37. The van der Waals surface area contributed by atoms with E-state index in [0.29, 0.717) is 6.42 Å². The lowest BCUT2D eigenvalue weighted by atomic mass is 9.75. The van der Waals surface area contributed by atoms with Crippen molar-refractivity contribution < 1.29 is 9.90 Å². The highest BCUT2D eigenvalue weighted by atomic mass is 16.3. The van der Waals surface area contributed by atoms with E-state index in [1.807, 2.05) is 88.4 Å². The SMILES string of the molecule is CCC(C)(C(=O)NC(C)(C)CO)C(Nc1ccccc1)c1ccccc1. The molecule has 2 atom stereocenters. The van der Waals surface area contributed by atoms with E-state index < -0.39 is 11.0 Å². The summed E-state index contributed by atoms with van der Waals surface area (Å²) in [4.78, 5) is 13.2. The first kappa shape index (κ1) is 20.0. The van der Waals surface area contributed by atoms with Crippen molar-refractivity contribution in [3.8, 4) is 0 Å². The Balaban J connectivity index is 2.42. The van der Waals surface area contributed by atoms with Gasteiger partial charge in [-0.15, -0.1) is 0 Å². The molecule has 4 nitrogen and oxygen atoms in total. The third-order valence-corrected chi connectivity index (χ3v) is 4.96. The monoisotopic (exact) mass is 354 g/mol. The highest BCUT2D eigenvalue weighted by molar-refractivity contribution is 5.84. The second-order valence-electron chi connectivity index (χ2n) is 7.62. The topological polar surface area (TPSA) is 61.4 Å². The summed E-state index contributed by atoms with van der Waals surface area (Å²) in [5, 5.41) is 16.1. The predicted molar refractivity (Wildman–Crippen MR) is 107 cm³/mol. The molecule has 140 valence electrons. The molecule has 2 aromatic carbocycles. The third kappa shape index (κ3) is 4.64. The van der Waals surface area contributed by atoms with E-state index in [1.54, 1.807) is 0 Å². The van der Waals surface area contributed by atoms with Gasteiger partial charge in [-0.1, -0.05) is 55.5 Å². The van der Waals surface area contributed by atoms with Gasteiger partial charge in [0.05, 0.1) is 23.6 Å². The minimum absolute atomic E-state index is 0.0728. The molecular formula is C22H30N2O2. The predicted octanol–water partition coefficient (Wildman–Crippen LogP) is 4.14. The summed E-state index contributed by atoms with van der Waals surface area (Å²) in [5.41, 5.74) is 0.665. The van der Waals surface area contributed by atoms with Crippen LogP contribution in [0.25, 0.3) is 0 Å². The molecule has 0 spiro atoms. The van der Waals surface area contributed by atoms with E-state index in [4.69, 9.17) is 0 Å². The van der Waals surface area contributed by atoms with Crippen LogP contribution >= 0.6 is 0 Å². The molecule has 0 radical (unpaired) electrons. The molecule has 0 bridgehead atoms. The number of carbonyl (C=O) groups excluding carboxylic acids is 1. The lowest BCUT2D eigenvalue weighted by Crippen LogP contribution is -2.54. The number of hydrogen-bond donors (Lipinski definition) is 3. The Morgan fingerprint density at radius 2 is 1.54 bits per heavy atom. The van der Waals surface area contributed by atoms with Gasteiger partial charge in [0.15, 0.2) is 0 Å². The first-order valence-corrected chi connectivity index (χ1v) is 9.12. The number of hydrogen-bond acceptors (Lipinski definition) is 3. The molecule has 2 rings (SSSR count). The standard InChI is InChI=1S/C22H30N2O2/c1-5-22(4,20(26)24-21(2,3)16-25)19(17-12-8-6-9-13-17)23-18-14-10-7-11-15-18/h6-15,19,23,25H,5,16H2,1-4H3,(H,24,26). The maximum absolute atomic E-state index is 13.2. The average molecular weight is 354 g/mol. The molecule has 0 aromatic heterocycles. The summed E-state index contributed by atoms with van der Waals surface area (Å²) in [6.07, 6.45) is 0.653. The average Bonchev–Trinajstić information content (AvgIpc) is 2.66. The number of aliphatic hydroxyl groups excluding tert-OH is 1. The third-order valence-electron chi connectivity index (χ3n) is 4.96. The van der Waals surface area contributed by atoms with Crippen molar-refractivity contribution in [1.29, 1.82) is 0 Å². The molecule has 0 saturated carbocycles. The summed E-state index contributed by atoms with van der Waals surface area (Å²) in [5.74, 6) is -0.0728. The molecular weight excluding hydrogens is 324 g/mol. The molecule has 0 aliphatic rings. The Labute approximate surface area is 156 Å². The van der Waals surface area contributed by atoms with E-state index in [1.165, 1.54) is 0 Å². The zero-order chi connectivity index (χ0) is 19.2. The summed E-state index contributed by atoms with van der Waals surface area (Å²) in [6, 6.07) is 19.7. The van der Waals surface area contributed by atoms with Gasteiger partial charge in [-0.2, -0.15) is 0 Å². The van der Waals surface area contributed by atoms with E-state index in [-0.39, 0.29) is 18.6 Å². The number of anilines is 1. The van der Waals surface area contributed by atoms with Gasteiger partial charge < -0.3 is 15.7 Å². The lowest BCUT2D eigenvalue weighted by molar-refractivity contribution is -0.133. The van der Waals surface area contributed by atoms with Crippen LogP contribution in [0.3, 0.4) is 0 Å². The van der Waals surface area contributed by atoms with Crippen molar-refractivity contribution in [1.82, 2.24) is 5.32 Å². The first-order valence-electron chi connectivity index (χ1n) is 9.12. The van der Waals surface area contributed by atoms with Gasteiger partial charge in [0, 0.05) is 5.69 Å². The molecule has 0 saturated heterocycles. The van der Waals surface area contributed by atoms with Crippen LogP contribution in [0.15, 0.2) is 60.7 Å². The fraction of sp³-hybridized carbons (Fsp3) is 0.409. The highest BCUT2D eigenvalue weighted by Crippen LogP contribution is 2.40. The van der Waals surface area contributed by atoms with Crippen molar-refractivity contribution in [3.05, 3.63) is 66.2 Å². The van der Waals surface area contributed by atoms with Crippen LogP contribution in [0, 0.1) is 5.41 Å². The van der Waals surface area contributed by atoms with Gasteiger partial charge in [-0.25, -0.2) is 0 Å². The van der Waals surface area contributed by atoms with Crippen LogP contribution in [-0.4, -0.2) is 23.2 Å². The van der Waals surface area contributed by atoms with Gasteiger partial charge in [0.1, 0.15) is 0 Å². The first-order chi connectivity index (χ1) is 12.3. The molecule has 1 amide bonds. The molecule has 4 heteroatoms. The Morgan fingerprint density at radius 3 is 2.04 bits per heavy atom. The fourth-order valence-electron chi connectivity index (χ4n) is 2.94. The Kier molecular flexibility index (Phi) is 6.43. The Hall–Kier alpha value is -2.33. The van der Waals surface area contributed by atoms with Crippen molar-refractivity contribution >= 4 is 11.6 Å². The van der Waals surface area contributed by atoms with Crippen molar-refractivity contribution in [2.24, 2.45) is 5.41 Å². The van der Waals surface area contributed by atoms with Crippen LogP contribution in [-0.2, 0) is 4.79 Å². The van der Waals surface area contributed by atoms with Gasteiger partial charge in [-0.3, -0.25) is 4.79 Å². The molecule has 0 heterocycles. The van der Waals surface area contributed by atoms with Crippen molar-refractivity contribution in [3.63, 3.8) is 0 Å².